The molecule has 2 fully saturated rings. The van der Waals surface area contributed by atoms with Gasteiger partial charge in [-0.2, -0.15) is 0 Å². The lowest BCUT2D eigenvalue weighted by molar-refractivity contribution is 0.162. The van der Waals surface area contributed by atoms with E-state index in [1.807, 2.05) is 0 Å². The molecule has 2 unspecified atom stereocenters. The minimum atomic E-state index is -0.631. The number of hydrogen-bond acceptors (Lipinski definition) is 1. The highest BCUT2D eigenvalue weighted by atomic mass is 32.2. The van der Waals surface area contributed by atoms with Crippen molar-refractivity contribution in [3.05, 3.63) is 0 Å². The van der Waals surface area contributed by atoms with Gasteiger partial charge in [-0.05, 0) is 62.2 Å². The van der Waals surface area contributed by atoms with E-state index in [9.17, 15) is 4.21 Å². The Balaban J connectivity index is 2.27. The van der Waals surface area contributed by atoms with Crippen LogP contribution in [-0.4, -0.2) is 14.7 Å². The summed E-state index contributed by atoms with van der Waals surface area (Å²) in [4.78, 5) is 0. The SMILES string of the molecule is CCC1(CC)CCCCC1S(=O)C1CCCCC1(CC)CC. The average molecular weight is 327 g/mol. The van der Waals surface area contributed by atoms with Gasteiger partial charge in [0.2, 0.25) is 0 Å². The summed E-state index contributed by atoms with van der Waals surface area (Å²) in [6.07, 6.45) is 15.3. The molecule has 22 heavy (non-hydrogen) atoms. The van der Waals surface area contributed by atoms with Gasteiger partial charge < -0.3 is 0 Å². The maximum Gasteiger partial charge on any atom is 0.0407 e. The summed E-state index contributed by atoms with van der Waals surface area (Å²) in [6, 6.07) is 0. The third-order valence-corrected chi connectivity index (χ3v) is 10.1. The Hall–Kier alpha value is 0.150. The van der Waals surface area contributed by atoms with E-state index in [0.717, 1.165) is 0 Å². The summed E-state index contributed by atoms with van der Waals surface area (Å²) in [5.41, 5.74) is 0.738. The molecule has 130 valence electrons. The molecule has 0 heterocycles. The Kier molecular flexibility index (Phi) is 6.57. The van der Waals surface area contributed by atoms with Crippen LogP contribution in [-0.2, 0) is 10.8 Å². The first-order valence-electron chi connectivity index (χ1n) is 9.98. The lowest BCUT2D eigenvalue weighted by Crippen LogP contribution is -2.49. The van der Waals surface area contributed by atoms with Crippen LogP contribution in [0.1, 0.15) is 105 Å². The molecule has 0 aromatic rings. The van der Waals surface area contributed by atoms with Crippen LogP contribution >= 0.6 is 0 Å². The molecule has 2 aliphatic carbocycles. The third kappa shape index (κ3) is 3.19. The highest BCUT2D eigenvalue weighted by Gasteiger charge is 2.48. The minimum Gasteiger partial charge on any atom is -0.259 e. The van der Waals surface area contributed by atoms with Gasteiger partial charge in [-0.25, -0.2) is 0 Å². The molecule has 0 bridgehead atoms. The zero-order valence-corrected chi connectivity index (χ0v) is 16.3. The van der Waals surface area contributed by atoms with Gasteiger partial charge in [-0.15, -0.1) is 0 Å². The van der Waals surface area contributed by atoms with Gasteiger partial charge in [0, 0.05) is 21.3 Å². The molecule has 0 N–H and O–H groups in total. The Morgan fingerprint density at radius 2 is 1.09 bits per heavy atom. The van der Waals surface area contributed by atoms with E-state index in [2.05, 4.69) is 27.7 Å². The molecule has 2 saturated carbocycles. The summed E-state index contributed by atoms with van der Waals surface area (Å²) in [5, 5.41) is 0.939. The Morgan fingerprint density at radius 1 is 0.727 bits per heavy atom. The molecule has 0 saturated heterocycles. The summed E-state index contributed by atoms with van der Waals surface area (Å²) in [6.45, 7) is 9.36. The molecule has 2 atom stereocenters. The zero-order chi connectivity index (χ0) is 16.2. The highest BCUT2D eigenvalue weighted by molar-refractivity contribution is 7.86. The lowest BCUT2D eigenvalue weighted by atomic mass is 9.69. The van der Waals surface area contributed by atoms with Crippen LogP contribution in [0.2, 0.25) is 0 Å². The van der Waals surface area contributed by atoms with Crippen molar-refractivity contribution in [2.75, 3.05) is 0 Å². The minimum absolute atomic E-state index is 0.369. The molecule has 2 rings (SSSR count). The molecule has 2 aliphatic rings. The van der Waals surface area contributed by atoms with Crippen LogP contribution in [0, 0.1) is 10.8 Å². The van der Waals surface area contributed by atoms with Gasteiger partial charge in [0.05, 0.1) is 0 Å². The van der Waals surface area contributed by atoms with Crippen molar-refractivity contribution in [3.8, 4) is 0 Å². The van der Waals surface area contributed by atoms with E-state index < -0.39 is 10.8 Å². The molecule has 1 nitrogen and oxygen atoms in total. The molecule has 0 amide bonds. The van der Waals surface area contributed by atoms with Gasteiger partial charge in [-0.3, -0.25) is 4.21 Å². The van der Waals surface area contributed by atoms with Crippen LogP contribution in [0.4, 0.5) is 0 Å². The summed E-state index contributed by atoms with van der Waals surface area (Å²) in [5.74, 6) is 0. The average Bonchev–Trinajstić information content (AvgIpc) is 2.60. The second kappa shape index (κ2) is 7.81. The third-order valence-electron chi connectivity index (χ3n) is 7.53. The van der Waals surface area contributed by atoms with E-state index in [-0.39, 0.29) is 0 Å². The summed E-state index contributed by atoms with van der Waals surface area (Å²) >= 11 is 0. The van der Waals surface area contributed by atoms with E-state index in [0.29, 0.717) is 21.3 Å². The smallest absolute Gasteiger partial charge is 0.0407 e. The topological polar surface area (TPSA) is 17.1 Å². The molecular formula is C20H38OS. The normalized spacial score (nSPS) is 32.5. The summed E-state index contributed by atoms with van der Waals surface area (Å²) in [7, 11) is -0.631. The van der Waals surface area contributed by atoms with Gasteiger partial charge >= 0.3 is 0 Å². The Labute approximate surface area is 141 Å². The van der Waals surface area contributed by atoms with Crippen LogP contribution in [0.25, 0.3) is 0 Å². The van der Waals surface area contributed by atoms with Crippen molar-refractivity contribution in [3.63, 3.8) is 0 Å². The second-order valence-corrected chi connectivity index (χ2v) is 9.73. The van der Waals surface area contributed by atoms with Crippen molar-refractivity contribution in [2.45, 2.75) is 115 Å². The standard InChI is InChI=1S/C20H38OS/c1-5-19(6-2)15-11-9-13-17(19)22(21)18-14-10-12-16-20(18,7-3)8-4/h17-18H,5-16H2,1-4H3. The molecule has 2 heteroatoms. The van der Waals surface area contributed by atoms with Gasteiger partial charge in [0.25, 0.3) is 0 Å². The molecule has 0 radical (unpaired) electrons. The monoisotopic (exact) mass is 326 g/mol. The van der Waals surface area contributed by atoms with Gasteiger partial charge in [0.15, 0.2) is 0 Å². The quantitative estimate of drug-likeness (QED) is 0.565. The fourth-order valence-electron chi connectivity index (χ4n) is 5.59. The number of hydrogen-bond donors (Lipinski definition) is 0. The largest absolute Gasteiger partial charge is 0.259 e. The first kappa shape index (κ1) is 18.5. The molecule has 0 aliphatic heterocycles. The molecule has 0 aromatic carbocycles. The van der Waals surface area contributed by atoms with Gasteiger partial charge in [-0.1, -0.05) is 53.4 Å². The fraction of sp³-hybridized carbons (Fsp3) is 1.00. The molecule has 0 spiro atoms. The predicted molar refractivity (Wildman–Crippen MR) is 98.7 cm³/mol. The maximum absolute atomic E-state index is 13.7. The first-order valence-corrected chi connectivity index (χ1v) is 11.3. The van der Waals surface area contributed by atoms with Crippen molar-refractivity contribution in [1.29, 1.82) is 0 Å². The first-order chi connectivity index (χ1) is 10.6. The van der Waals surface area contributed by atoms with Crippen LogP contribution < -0.4 is 0 Å². The van der Waals surface area contributed by atoms with E-state index in [1.54, 1.807) is 0 Å². The van der Waals surface area contributed by atoms with Gasteiger partial charge in [0.1, 0.15) is 0 Å². The fourth-order valence-corrected chi connectivity index (χ4v) is 8.67. The van der Waals surface area contributed by atoms with Crippen molar-refractivity contribution < 1.29 is 4.21 Å². The number of rotatable bonds is 6. The Bertz CT molecular complexity index is 334. The van der Waals surface area contributed by atoms with Crippen molar-refractivity contribution >= 4 is 10.8 Å². The van der Waals surface area contributed by atoms with Crippen LogP contribution in [0.3, 0.4) is 0 Å². The van der Waals surface area contributed by atoms with E-state index >= 15 is 0 Å². The second-order valence-electron chi connectivity index (χ2n) is 7.94. The summed E-state index contributed by atoms with van der Waals surface area (Å²) < 4.78 is 13.7. The zero-order valence-electron chi connectivity index (χ0n) is 15.5. The predicted octanol–water partition coefficient (Wildman–Crippen LogP) is 6.23. The van der Waals surface area contributed by atoms with Crippen LogP contribution in [0.5, 0.6) is 0 Å². The lowest BCUT2D eigenvalue weighted by Gasteiger charge is -2.49. The molecular weight excluding hydrogens is 288 g/mol. The van der Waals surface area contributed by atoms with E-state index in [4.69, 9.17) is 0 Å². The molecule has 0 aromatic heterocycles. The Morgan fingerprint density at radius 3 is 1.41 bits per heavy atom. The highest BCUT2D eigenvalue weighted by Crippen LogP contribution is 2.51. The van der Waals surface area contributed by atoms with Crippen LogP contribution in [0.15, 0.2) is 0 Å². The van der Waals surface area contributed by atoms with Crippen molar-refractivity contribution in [1.82, 2.24) is 0 Å². The van der Waals surface area contributed by atoms with Crippen molar-refractivity contribution in [2.24, 2.45) is 10.8 Å². The maximum atomic E-state index is 13.7. The van der Waals surface area contributed by atoms with E-state index in [1.165, 1.54) is 77.0 Å².